The van der Waals surface area contributed by atoms with Gasteiger partial charge in [0.15, 0.2) is 16.6 Å². The molecule has 9 atom stereocenters. The summed E-state index contributed by atoms with van der Waals surface area (Å²) in [5, 5.41) is 31.0. The van der Waals surface area contributed by atoms with Crippen molar-refractivity contribution >= 4 is 99.3 Å². The third-order valence-corrected chi connectivity index (χ3v) is 35.4. The number of aliphatic hydroxyl groups is 1. The van der Waals surface area contributed by atoms with Crippen molar-refractivity contribution < 1.29 is 101 Å². The maximum Gasteiger partial charge on any atom is 1.00 e. The molecule has 5 heterocycles. The first-order valence-corrected chi connectivity index (χ1v) is 52.5. The molecule has 12 rings (SSSR count). The van der Waals surface area contributed by atoms with Crippen LogP contribution in [-0.2, 0) is 62.0 Å². The van der Waals surface area contributed by atoms with E-state index in [0.717, 1.165) is 79.2 Å². The van der Waals surface area contributed by atoms with Gasteiger partial charge in [0.1, 0.15) is 11.2 Å². The molecule has 0 unspecified atom stereocenters. The van der Waals surface area contributed by atoms with E-state index in [9.17, 15) is 48.6 Å². The monoisotopic (exact) mass is 1940 g/mol. The fraction of sp³-hybridized carbons (Fsp3) is 0.438. The molecule has 31 heteroatoms. The van der Waals surface area contributed by atoms with Gasteiger partial charge in [-0.25, -0.2) is 24.0 Å². The molecule has 136 heavy (non-hydrogen) atoms. The predicted octanol–water partition coefficient (Wildman–Crippen LogP) is 19.9. The molecule has 3 aromatic heterocycles. The maximum absolute atomic E-state index is 14.0. The summed E-state index contributed by atoms with van der Waals surface area (Å²) < 4.78 is 31.1. The summed E-state index contributed by atoms with van der Waals surface area (Å²) in [6.45, 7) is 34.2. The van der Waals surface area contributed by atoms with E-state index >= 15 is 0 Å². The number of methoxy groups -OCH3 is 1. The number of pyridine rings is 3. The molecule has 0 bridgehead atoms. The summed E-state index contributed by atoms with van der Waals surface area (Å²) in [7, 11) is 1.84. The normalized spacial score (nSPS) is 17.4. The van der Waals surface area contributed by atoms with Gasteiger partial charge in [-0.05, 0) is 295 Å². The van der Waals surface area contributed by atoms with Gasteiger partial charge in [0.25, 0.3) is 17.7 Å². The van der Waals surface area contributed by atoms with Crippen LogP contribution in [0.1, 0.15) is 259 Å². The van der Waals surface area contributed by atoms with E-state index in [0.29, 0.717) is 72.8 Å². The van der Waals surface area contributed by atoms with E-state index in [1.807, 2.05) is 185 Å². The molecule has 9 aromatic rings. The van der Waals surface area contributed by atoms with Crippen molar-refractivity contribution in [2.75, 3.05) is 28.3 Å². The first-order valence-electron chi connectivity index (χ1n) is 45.6. The fourth-order valence-corrected chi connectivity index (χ4v) is 19.6. The number of hydrogen-bond donors (Lipinski definition) is 3. The Morgan fingerprint density at radius 1 is 0.419 bits per heavy atom. The second kappa shape index (κ2) is 48.0. The molecule has 1 aliphatic carbocycles. The number of ether oxygens (including phenoxy) is 3. The van der Waals surface area contributed by atoms with Crippen molar-refractivity contribution in [3.8, 4) is 0 Å². The topological polar surface area (TPSA) is 328 Å². The Kier molecular flexibility index (Phi) is 39.2. The summed E-state index contributed by atoms with van der Waals surface area (Å²) in [4.78, 5) is 122. The first kappa shape index (κ1) is 111. The van der Waals surface area contributed by atoms with E-state index < -0.39 is 51.8 Å². The molecule has 0 spiro atoms. The fourth-order valence-electron chi connectivity index (χ4n) is 16.7. The number of aliphatic hydroxyl groups excluding tert-OH is 1. The number of rotatable bonds is 28. The van der Waals surface area contributed by atoms with Crippen molar-refractivity contribution in [3.63, 3.8) is 0 Å². The minimum atomic E-state index is -2.28. The Morgan fingerprint density at radius 2 is 0.728 bits per heavy atom. The van der Waals surface area contributed by atoms with Crippen LogP contribution in [0, 0.1) is 11.8 Å². The summed E-state index contributed by atoms with van der Waals surface area (Å²) in [5.41, 5.74) is 8.83. The molecule has 3 fully saturated rings. The van der Waals surface area contributed by atoms with Crippen LogP contribution in [0.15, 0.2) is 201 Å². The van der Waals surface area contributed by atoms with Gasteiger partial charge in [-0.15, -0.1) is 0 Å². The Labute approximate surface area is 830 Å². The third kappa shape index (κ3) is 30.7. The standard InChI is InChI=1S/C39H52ClN3O6Si.C38H50ClN3O6Si.C28H29ClN2O4.Li.H2O/c1-38(2,3)48-37(46)43-32(19-20-33(43)34(28-15-17-31(40)18-16-28)49-50(9,10)39(4,5)6)22-26-11-13-29(14-12-26)35(44)42(7)25-27-21-30(24-41-23-27)36(45)47-8;1-37(2,3)47-36(46)42-31(18-19-32(42)33(27-14-16-30(39)17-15-27)48-49(8,9)38(4,5)6)21-25-10-12-28(13-11-25)34(43)41(7)24-26-20-29(35(44)45)23-40-22-26;1-31(17-20-14-24(28(34)35)16-30-15-20)27(33)22-5-2-18(3-6-22)12-19-4-7-23(13-19)26(32)21-8-10-25(29)11-9-21;;/h11-18,21,23-24,32-34H,19-20,22,25H2,1-10H3;10-17,20,22-23,31-33H,18-19,21,24H2,1-9H3,(H,44,45);2-3,5-6,8-11,14-16,19,23,26,32H,4,7,12-13,17H2,1H3,(H,34,35);;1H2/q;;;+1;/p-1/t32-,33+,34+;31-,32+,33+;19-,23-,26+;;/m000../s1. The number of aromatic nitrogens is 3. The maximum atomic E-state index is 14.0. The molecule has 2 aliphatic heterocycles. The number of carboxylic acids is 2. The molecular formula is C105H132Cl3LiN8O17Si2. The molecule has 724 valence electrons. The van der Waals surface area contributed by atoms with E-state index in [-0.39, 0.29) is 137 Å². The van der Waals surface area contributed by atoms with Gasteiger partial charge in [0.2, 0.25) is 0 Å². The minimum absolute atomic E-state index is 0. The summed E-state index contributed by atoms with van der Waals surface area (Å²) in [6.07, 6.45) is 15.0. The smallest absolute Gasteiger partial charge is 0.870 e. The van der Waals surface area contributed by atoms with Crippen LogP contribution < -0.4 is 18.9 Å². The largest absolute Gasteiger partial charge is 1.00 e. The summed E-state index contributed by atoms with van der Waals surface area (Å²) in [5.74, 6) is -2.35. The van der Waals surface area contributed by atoms with Crippen LogP contribution in [0.5, 0.6) is 0 Å². The zero-order valence-electron chi connectivity index (χ0n) is 82.2. The zero-order chi connectivity index (χ0) is 98.3. The molecule has 4 N–H and O–H groups in total. The zero-order valence-corrected chi connectivity index (χ0v) is 86.5. The second-order valence-corrected chi connectivity index (χ2v) is 51.4. The number of hydrogen-bond acceptors (Lipinski definition) is 18. The van der Waals surface area contributed by atoms with E-state index in [2.05, 4.69) is 82.7 Å². The molecule has 6 aromatic carbocycles. The van der Waals surface area contributed by atoms with Gasteiger partial charge < -0.3 is 58.6 Å². The number of carbonyl (C=O) groups excluding carboxylic acids is 6. The van der Waals surface area contributed by atoms with Gasteiger partial charge in [-0.2, -0.15) is 0 Å². The molecule has 2 saturated heterocycles. The number of aromatic carboxylic acids is 2. The molecular weight excluding hydrogens is 1810 g/mol. The molecule has 0 radical (unpaired) electrons. The first-order chi connectivity index (χ1) is 62.8. The van der Waals surface area contributed by atoms with Crippen LogP contribution in [0.25, 0.3) is 0 Å². The third-order valence-electron chi connectivity index (χ3n) is 25.8. The predicted molar refractivity (Wildman–Crippen MR) is 530 cm³/mol. The van der Waals surface area contributed by atoms with Crippen molar-refractivity contribution in [2.45, 2.75) is 257 Å². The van der Waals surface area contributed by atoms with Crippen LogP contribution >= 0.6 is 34.8 Å². The van der Waals surface area contributed by atoms with Crippen molar-refractivity contribution in [3.05, 3.63) is 299 Å². The Morgan fingerprint density at radius 3 is 1.04 bits per heavy atom. The number of benzene rings is 6. The van der Waals surface area contributed by atoms with Crippen LogP contribution in [0.3, 0.4) is 0 Å². The number of amides is 5. The Bertz CT molecular complexity index is 5550. The molecule has 5 amide bonds. The van der Waals surface area contributed by atoms with E-state index in [4.69, 9.17) is 63.0 Å². The number of likely N-dealkylation sites (tertiary alicyclic amines) is 2. The molecule has 1 saturated carbocycles. The molecule has 3 aliphatic rings. The average Bonchev–Trinajstić information content (AvgIpc) is 1.46. The Balaban J connectivity index is 0.000000253. The number of carbonyl (C=O) groups is 8. The summed E-state index contributed by atoms with van der Waals surface area (Å²) >= 11 is 18.5. The van der Waals surface area contributed by atoms with Crippen molar-refractivity contribution in [2.24, 2.45) is 11.8 Å². The SMILES string of the molecule is CN(Cc1cncc(C(=O)O)c1)C(=O)c1ccc(C[C@@H]2CC[C@H]([C@H](O)c3ccc(Cl)cc3)C2)cc1.CN(Cc1cncc(C(=O)O)c1)C(=O)c1ccc(C[C@@H]2CC[C@H]([C@H](O[Si](C)(C)C(C)(C)C)c3ccc(Cl)cc3)N2C(=O)OC(C)(C)C)cc1.COC(=O)c1cncc(CN(C)C(=O)c2ccc(C[C@@H]3CC[C@H]([C@H](O[Si](C)(C)C(C)(C)C)c4ccc(Cl)cc4)N3C(=O)OC(C)(C)C)cc2)c1.[Li+].[OH-]. The van der Waals surface area contributed by atoms with Gasteiger partial charge in [-0.3, -0.25) is 39.1 Å². The van der Waals surface area contributed by atoms with Crippen LogP contribution in [0.2, 0.25) is 51.3 Å². The number of nitrogens with zero attached hydrogens (tertiary/aromatic N) is 8. The van der Waals surface area contributed by atoms with Crippen LogP contribution in [-0.4, -0.2) is 188 Å². The molecule has 25 nitrogen and oxygen atoms in total. The van der Waals surface area contributed by atoms with Gasteiger partial charge >= 0.3 is 49.0 Å². The van der Waals surface area contributed by atoms with Crippen molar-refractivity contribution in [1.82, 2.24) is 39.5 Å². The minimum Gasteiger partial charge on any atom is -0.870 e. The average molecular weight is 1950 g/mol. The van der Waals surface area contributed by atoms with E-state index in [1.54, 1.807) is 67.7 Å². The van der Waals surface area contributed by atoms with Gasteiger partial charge in [0.05, 0.1) is 54.2 Å². The summed E-state index contributed by atoms with van der Waals surface area (Å²) in [6, 6.07) is 49.5. The number of carboxylic acid groups (broad SMARTS) is 2. The number of halogens is 3. The number of esters is 1. The van der Waals surface area contributed by atoms with Crippen LogP contribution in [0.4, 0.5) is 9.59 Å². The van der Waals surface area contributed by atoms with Gasteiger partial charge in [0, 0.05) is 122 Å². The van der Waals surface area contributed by atoms with E-state index in [1.165, 1.54) is 48.3 Å². The van der Waals surface area contributed by atoms with Gasteiger partial charge in [-0.1, -0.05) is 149 Å². The quantitative estimate of drug-likeness (QED) is 0.0233. The second-order valence-electron chi connectivity index (χ2n) is 40.5. The van der Waals surface area contributed by atoms with Crippen molar-refractivity contribution in [1.29, 1.82) is 0 Å². The Hall–Kier alpha value is -10.1.